The number of carboxylic acid groups (broad SMARTS) is 5. The molecular weight excluding hydrogens is 345 g/mol. The van der Waals surface area contributed by atoms with Crippen molar-refractivity contribution < 1.29 is 84.2 Å². The van der Waals surface area contributed by atoms with Crippen molar-refractivity contribution >= 4 is 29.8 Å². The minimum Gasteiger partial charge on any atom is -0.548 e. The van der Waals surface area contributed by atoms with Crippen molar-refractivity contribution in [3.63, 3.8) is 0 Å². The number of aliphatic carboxylic acids is 5. The van der Waals surface area contributed by atoms with E-state index >= 15 is 0 Å². The topological polar surface area (TPSA) is 236 Å². The van der Waals surface area contributed by atoms with Crippen LogP contribution in [0.5, 0.6) is 0 Å². The first kappa shape index (κ1) is 27.1. The van der Waals surface area contributed by atoms with Gasteiger partial charge in [0.05, 0.1) is 18.8 Å². The standard InChI is InChI=1S/C6H8O7.C5H9NO4.Na/c7-3(8)1-6(13,5(11)12)2-4(9)10;6-3(5(9)10)1-2-4(7)8;/h13H,1-2H2,(H,7,8)(H,9,10)(H,11,12);3H,1-2,6H2,(H,7,8)(H,9,10);/q;;+1/p-1/t;3-;/m.0./s1. The fraction of sp³-hybridized carbons (Fsp3) is 0.545. The molecule has 0 aromatic rings. The Hall–Kier alpha value is -1.73. The zero-order valence-corrected chi connectivity index (χ0v) is 14.7. The Balaban J connectivity index is -0.000000364. The number of nitrogens with two attached hydrogens (primary N) is 1. The summed E-state index contributed by atoms with van der Waals surface area (Å²) < 4.78 is 0. The van der Waals surface area contributed by atoms with Gasteiger partial charge in [-0.25, -0.2) is 4.79 Å². The molecule has 13 heteroatoms. The first-order chi connectivity index (χ1) is 10.3. The molecule has 0 radical (unpaired) electrons. The molecule has 0 amide bonds. The molecule has 0 fully saturated rings. The van der Waals surface area contributed by atoms with E-state index in [2.05, 4.69) is 0 Å². The van der Waals surface area contributed by atoms with Gasteiger partial charge in [0.2, 0.25) is 0 Å². The van der Waals surface area contributed by atoms with E-state index < -0.39 is 54.3 Å². The normalized spacial score (nSPS) is 11.1. The second-order valence-electron chi connectivity index (χ2n) is 4.34. The molecule has 24 heavy (non-hydrogen) atoms. The molecule has 0 heterocycles. The van der Waals surface area contributed by atoms with Gasteiger partial charge in [-0.15, -0.1) is 0 Å². The van der Waals surface area contributed by atoms with E-state index in [9.17, 15) is 29.1 Å². The molecule has 0 bridgehead atoms. The van der Waals surface area contributed by atoms with Gasteiger partial charge in [0.1, 0.15) is 0 Å². The van der Waals surface area contributed by atoms with Gasteiger partial charge in [0, 0.05) is 12.5 Å². The van der Waals surface area contributed by atoms with Crippen LogP contribution in [0.4, 0.5) is 0 Å². The minimum absolute atomic E-state index is 0. The quantitative estimate of drug-likeness (QED) is 0.210. The molecule has 0 spiro atoms. The van der Waals surface area contributed by atoms with E-state index in [1.165, 1.54) is 0 Å². The van der Waals surface area contributed by atoms with Crippen LogP contribution < -0.4 is 40.4 Å². The summed E-state index contributed by atoms with van der Waals surface area (Å²) in [6.45, 7) is 0. The van der Waals surface area contributed by atoms with Crippen LogP contribution in [-0.4, -0.2) is 67.0 Å². The second-order valence-corrected chi connectivity index (χ2v) is 4.34. The van der Waals surface area contributed by atoms with E-state index in [0.29, 0.717) is 0 Å². The maximum atomic E-state index is 10.3. The smallest absolute Gasteiger partial charge is 0.548 e. The molecule has 12 nitrogen and oxygen atoms in total. The van der Waals surface area contributed by atoms with Crippen molar-refractivity contribution in [1.29, 1.82) is 0 Å². The van der Waals surface area contributed by atoms with E-state index in [-0.39, 0.29) is 42.4 Å². The molecule has 0 aliphatic heterocycles. The first-order valence-electron chi connectivity index (χ1n) is 5.89. The Morgan fingerprint density at radius 1 is 0.917 bits per heavy atom. The third-order valence-electron chi connectivity index (χ3n) is 2.26. The van der Waals surface area contributed by atoms with Gasteiger partial charge >= 0.3 is 53.4 Å². The number of rotatable bonds is 9. The van der Waals surface area contributed by atoms with E-state index in [1.807, 2.05) is 0 Å². The Morgan fingerprint density at radius 3 is 1.50 bits per heavy atom. The van der Waals surface area contributed by atoms with Gasteiger partial charge in [0.15, 0.2) is 5.60 Å². The molecule has 0 rings (SSSR count). The zero-order chi connectivity index (χ0) is 18.8. The summed E-state index contributed by atoms with van der Waals surface area (Å²) in [7, 11) is 0. The van der Waals surface area contributed by atoms with Crippen molar-refractivity contribution in [2.45, 2.75) is 37.3 Å². The average molecular weight is 361 g/mol. The van der Waals surface area contributed by atoms with E-state index in [4.69, 9.17) is 31.3 Å². The largest absolute Gasteiger partial charge is 1.00 e. The fourth-order valence-corrected chi connectivity index (χ4v) is 1.11. The Labute approximate surface area is 157 Å². The first-order valence-corrected chi connectivity index (χ1v) is 5.89. The fourth-order valence-electron chi connectivity index (χ4n) is 1.11. The van der Waals surface area contributed by atoms with Crippen LogP contribution in [0.15, 0.2) is 0 Å². The van der Waals surface area contributed by atoms with Crippen LogP contribution in [0.3, 0.4) is 0 Å². The summed E-state index contributed by atoms with van der Waals surface area (Å²) >= 11 is 0. The molecule has 1 atom stereocenters. The number of hydrogen-bond donors (Lipinski definition) is 6. The molecule has 7 N–H and O–H groups in total. The molecular formula is C11H16NNaO11. The Bertz CT molecular complexity index is 463. The van der Waals surface area contributed by atoms with Crippen molar-refractivity contribution in [3.05, 3.63) is 0 Å². The number of hydrogen-bond acceptors (Lipinski definition) is 8. The van der Waals surface area contributed by atoms with Gasteiger partial charge in [0.25, 0.3) is 0 Å². The van der Waals surface area contributed by atoms with Gasteiger partial charge < -0.3 is 41.2 Å². The summed E-state index contributed by atoms with van der Waals surface area (Å²) in [6, 6.07) is -1.17. The van der Waals surface area contributed by atoms with Crippen molar-refractivity contribution in [1.82, 2.24) is 0 Å². The Kier molecular flexibility index (Phi) is 14.3. The zero-order valence-electron chi connectivity index (χ0n) is 12.7. The number of aliphatic hydroxyl groups is 1. The van der Waals surface area contributed by atoms with Gasteiger partial charge in [-0.2, -0.15) is 0 Å². The summed E-state index contributed by atoms with van der Waals surface area (Å²) in [5, 5.41) is 51.8. The summed E-state index contributed by atoms with van der Waals surface area (Å²) in [4.78, 5) is 50.2. The van der Waals surface area contributed by atoms with Crippen molar-refractivity contribution in [2.24, 2.45) is 5.73 Å². The number of carbonyl (C=O) groups excluding carboxylic acids is 1. The van der Waals surface area contributed by atoms with E-state index in [1.54, 1.807) is 0 Å². The third kappa shape index (κ3) is 13.9. The molecule has 0 aliphatic rings. The summed E-state index contributed by atoms with van der Waals surface area (Å²) in [6.07, 6.45) is -2.62. The van der Waals surface area contributed by atoms with Crippen LogP contribution >= 0.6 is 0 Å². The molecule has 0 unspecified atom stereocenters. The molecule has 0 aliphatic carbocycles. The monoisotopic (exact) mass is 361 g/mol. The summed E-state index contributed by atoms with van der Waals surface area (Å²) in [5.74, 6) is -7.49. The van der Waals surface area contributed by atoms with Crippen LogP contribution in [0.2, 0.25) is 0 Å². The maximum absolute atomic E-state index is 10.3. The van der Waals surface area contributed by atoms with Crippen molar-refractivity contribution in [3.8, 4) is 0 Å². The van der Waals surface area contributed by atoms with Gasteiger partial charge in [-0.3, -0.25) is 14.4 Å². The third-order valence-corrected chi connectivity index (χ3v) is 2.26. The second kappa shape index (κ2) is 12.7. The van der Waals surface area contributed by atoms with Crippen LogP contribution in [0.1, 0.15) is 25.7 Å². The number of carboxylic acids is 5. The van der Waals surface area contributed by atoms with Crippen LogP contribution in [0.25, 0.3) is 0 Å². The maximum Gasteiger partial charge on any atom is 1.00 e. The Morgan fingerprint density at radius 2 is 1.29 bits per heavy atom. The summed E-state index contributed by atoms with van der Waals surface area (Å²) in [5.41, 5.74) is 2.20. The molecule has 0 saturated carbocycles. The van der Waals surface area contributed by atoms with Crippen LogP contribution in [0, 0.1) is 0 Å². The molecule has 0 aromatic heterocycles. The SMILES string of the molecule is N[C@@H](CCC(=O)O)C(=O)[O-].O=C(O)CC(O)(CC(=O)O)C(=O)O.[Na+]. The predicted octanol–water partition coefficient (Wildman–Crippen LogP) is -6.32. The predicted molar refractivity (Wildman–Crippen MR) is 66.9 cm³/mol. The molecule has 132 valence electrons. The van der Waals surface area contributed by atoms with Gasteiger partial charge in [-0.1, -0.05) is 0 Å². The van der Waals surface area contributed by atoms with Crippen LogP contribution in [-0.2, 0) is 24.0 Å². The van der Waals surface area contributed by atoms with Crippen molar-refractivity contribution in [2.75, 3.05) is 0 Å². The minimum atomic E-state index is -2.74. The molecule has 0 saturated heterocycles. The number of carbonyl (C=O) groups is 5. The van der Waals surface area contributed by atoms with E-state index in [0.717, 1.165) is 0 Å². The van der Waals surface area contributed by atoms with Gasteiger partial charge in [-0.05, 0) is 6.42 Å². The molecule has 0 aromatic carbocycles. The average Bonchev–Trinajstić information content (AvgIpc) is 2.34.